The molecule has 74 heavy (non-hydrogen) atoms. The number of nitriles is 1. The maximum atomic E-state index is 12.1. The normalized spacial score (nSPS) is 12.2. The Morgan fingerprint density at radius 3 is 1.42 bits per heavy atom. The van der Waals surface area contributed by atoms with Crippen molar-refractivity contribution >= 4 is 126 Å². The van der Waals surface area contributed by atoms with Crippen molar-refractivity contribution in [2.45, 2.75) is 26.7 Å². The first-order valence-corrected chi connectivity index (χ1v) is 25.4. The number of benzene rings is 7. The van der Waals surface area contributed by atoms with Crippen LogP contribution in [-0.4, -0.2) is 42.6 Å². The fourth-order valence-electron chi connectivity index (χ4n) is 10.3. The van der Waals surface area contributed by atoms with Crippen molar-refractivity contribution in [1.29, 1.82) is 5.26 Å². The lowest BCUT2D eigenvalue weighted by atomic mass is 9.50. The van der Waals surface area contributed by atoms with Gasteiger partial charge in [-0.15, -0.1) is 0 Å². The highest BCUT2D eigenvalue weighted by Gasteiger charge is 2.37. The van der Waals surface area contributed by atoms with Gasteiger partial charge in [-0.2, -0.15) is 5.26 Å². The minimum absolute atomic E-state index is 0.230. The third-order valence-corrected chi connectivity index (χ3v) is 14.9. The first-order valence-electron chi connectivity index (χ1n) is 23.9. The molecule has 11 rings (SSSR count). The molecule has 0 unspecified atom stereocenters. The highest BCUT2D eigenvalue weighted by molar-refractivity contribution is 6.85. The molecule has 0 spiro atoms. The van der Waals surface area contributed by atoms with Gasteiger partial charge in [0, 0.05) is 39.3 Å². The van der Waals surface area contributed by atoms with Gasteiger partial charge in [0.05, 0.1) is 66.0 Å². The van der Waals surface area contributed by atoms with Crippen molar-refractivity contribution in [2.75, 3.05) is 0 Å². The van der Waals surface area contributed by atoms with E-state index in [1.807, 2.05) is 84.9 Å². The lowest BCUT2D eigenvalue weighted by Crippen LogP contribution is -2.54. The van der Waals surface area contributed by atoms with Crippen molar-refractivity contribution in [3.05, 3.63) is 247 Å². The van der Waals surface area contributed by atoms with Crippen LogP contribution in [0.25, 0.3) is 60.2 Å². The number of hydrogen-bond donors (Lipinski definition) is 0. The zero-order valence-corrected chi connectivity index (χ0v) is 43.2. The van der Waals surface area contributed by atoms with E-state index in [9.17, 15) is 11.8 Å². The van der Waals surface area contributed by atoms with Gasteiger partial charge in [0.15, 0.2) is 0 Å². The van der Waals surface area contributed by atoms with Gasteiger partial charge >= 0.3 is 13.7 Å². The van der Waals surface area contributed by atoms with E-state index in [1.165, 1.54) is 0 Å². The summed E-state index contributed by atoms with van der Waals surface area (Å²) in [6.07, 6.45) is 3.26. The van der Waals surface area contributed by atoms with Gasteiger partial charge in [-0.25, -0.2) is 9.83 Å². The molecule has 0 radical (unpaired) electrons. The fourth-order valence-corrected chi connectivity index (χ4v) is 11.0. The molecule has 0 atom stereocenters. The molecule has 354 valence electrons. The van der Waals surface area contributed by atoms with Gasteiger partial charge in [-0.05, 0) is 42.7 Å². The Morgan fingerprint density at radius 1 is 0.554 bits per heavy atom. The van der Waals surface area contributed by atoms with Crippen LogP contribution >= 0.6 is 46.4 Å². The first kappa shape index (κ1) is 48.3. The molecule has 0 fully saturated rings. The molecule has 0 saturated carbocycles. The van der Waals surface area contributed by atoms with Gasteiger partial charge in [0.2, 0.25) is 5.70 Å². The summed E-state index contributed by atoms with van der Waals surface area (Å²) >= 11 is 26.4. The standard InChI is InChI=1S/C60H40B2Cl4N8/c1-36(2)57-54-55(59(43(33-67)52-34-69-48-29-44(63)46(65)31-50(48)71-52)73(57)61(38-20-9-5-10-21-38)39-22-11-6-12-23-39)58(42-28-18-17-19-37(42)3)74(62(40-24-13-7-14-25-40)41-26-15-8-16-27-41)60(54)56(68-4)53-35-70-49-30-45(64)47(66)32-51(49)72-53/h5-32,34-36H,1-3H3/b59-43-,60-56+. The molecule has 0 bridgehead atoms. The zero-order chi connectivity index (χ0) is 51.2. The molecule has 4 aromatic heterocycles. The minimum Gasteiger partial charge on any atom is -0.384 e. The SMILES string of the molecule is [C-]#[N+]/C(c1cnc2cc(Cl)c(Cl)cc2n1)=c1\c2c(C(C)C)n(B(c3ccccc3)c3ccccc3)/c(=C(/C#N)c3cnc4cc(Cl)c(Cl)cc4n3)c2c(-c2ccccc2C)n1B(c1ccccc1)c1ccccc1. The number of hydrogen-bond acceptors (Lipinski definition) is 5. The quantitative estimate of drug-likeness (QED) is 0.101. The van der Waals surface area contributed by atoms with Crippen LogP contribution in [-0.2, 0) is 0 Å². The summed E-state index contributed by atoms with van der Waals surface area (Å²) in [5.41, 5.74) is 10.6. The van der Waals surface area contributed by atoms with Gasteiger partial charge < -0.3 is 8.96 Å². The molecule has 0 aliphatic rings. The first-order chi connectivity index (χ1) is 36.1. The molecule has 0 saturated heterocycles. The average molecular weight is 1040 g/mol. The molecule has 8 nitrogen and oxygen atoms in total. The summed E-state index contributed by atoms with van der Waals surface area (Å²) in [6.45, 7) is 14.8. The van der Waals surface area contributed by atoms with Crippen molar-refractivity contribution < 1.29 is 0 Å². The van der Waals surface area contributed by atoms with E-state index in [0.29, 0.717) is 64.2 Å². The second kappa shape index (κ2) is 20.2. The predicted molar refractivity (Wildman–Crippen MR) is 306 cm³/mol. The van der Waals surface area contributed by atoms with E-state index in [1.54, 1.807) is 36.7 Å². The van der Waals surface area contributed by atoms with E-state index in [2.05, 4.69) is 101 Å². The van der Waals surface area contributed by atoms with E-state index < -0.39 is 13.7 Å². The largest absolute Gasteiger partial charge is 0.384 e. The Balaban J connectivity index is 1.49. The van der Waals surface area contributed by atoms with Crippen molar-refractivity contribution in [1.82, 2.24) is 28.9 Å². The topological polar surface area (TPSA) is 89.6 Å². The average Bonchev–Trinajstić information content (AvgIpc) is 3.91. The Bertz CT molecular complexity index is 4020. The number of fused-ring (bicyclic) bond motifs is 3. The van der Waals surface area contributed by atoms with Crippen molar-refractivity contribution in [3.8, 4) is 17.3 Å². The van der Waals surface area contributed by atoms with Crippen LogP contribution < -0.4 is 32.5 Å². The van der Waals surface area contributed by atoms with Crippen molar-refractivity contribution in [2.24, 2.45) is 0 Å². The Kier molecular flexibility index (Phi) is 13.2. The molecule has 4 heterocycles. The van der Waals surface area contributed by atoms with E-state index in [4.69, 9.17) is 66.3 Å². The molecule has 11 aromatic rings. The smallest absolute Gasteiger partial charge is 0.327 e. The molecule has 0 aliphatic carbocycles. The number of rotatable bonds is 10. The highest BCUT2D eigenvalue weighted by atomic mass is 35.5. The second-order valence-corrected chi connectivity index (χ2v) is 19.9. The highest BCUT2D eigenvalue weighted by Crippen LogP contribution is 2.37. The van der Waals surface area contributed by atoms with E-state index in [-0.39, 0.29) is 17.2 Å². The van der Waals surface area contributed by atoms with Crippen LogP contribution in [0.5, 0.6) is 0 Å². The summed E-state index contributed by atoms with van der Waals surface area (Å²) in [4.78, 5) is 24.6. The number of nitrogens with zero attached hydrogens (tertiary/aromatic N) is 8. The maximum Gasteiger partial charge on any atom is 0.327 e. The number of halogens is 4. The Morgan fingerprint density at radius 2 is 0.973 bits per heavy atom. The maximum absolute atomic E-state index is 12.1. The second-order valence-electron chi connectivity index (χ2n) is 18.3. The molecule has 7 aromatic carbocycles. The van der Waals surface area contributed by atoms with Gasteiger partial charge in [-0.1, -0.05) is 228 Å². The Hall–Kier alpha value is -7.95. The number of aromatic nitrogens is 6. The van der Waals surface area contributed by atoms with Crippen LogP contribution in [0.1, 0.15) is 42.4 Å². The number of aryl methyl sites for hydroxylation is 1. The van der Waals surface area contributed by atoms with E-state index in [0.717, 1.165) is 55.1 Å². The Labute approximate surface area is 448 Å². The zero-order valence-electron chi connectivity index (χ0n) is 40.1. The molecular weight excluding hydrogens is 996 g/mol. The van der Waals surface area contributed by atoms with Crippen LogP contribution in [0.4, 0.5) is 0 Å². The molecular formula is C60H40B2Cl4N8. The summed E-state index contributed by atoms with van der Waals surface area (Å²) in [5.74, 6) is -0.230. The van der Waals surface area contributed by atoms with Gasteiger partial charge in [-0.3, -0.25) is 15.0 Å². The molecule has 0 N–H and O–H groups in total. The molecule has 0 amide bonds. The summed E-state index contributed by atoms with van der Waals surface area (Å²) in [7, 11) is 0. The lowest BCUT2D eigenvalue weighted by molar-refractivity contribution is 0.809. The summed E-state index contributed by atoms with van der Waals surface area (Å²) in [5, 5.41) is 16.1. The lowest BCUT2D eigenvalue weighted by Gasteiger charge is -2.25. The summed E-state index contributed by atoms with van der Waals surface area (Å²) < 4.78 is 4.61. The van der Waals surface area contributed by atoms with Crippen molar-refractivity contribution in [3.63, 3.8) is 0 Å². The predicted octanol–water partition coefficient (Wildman–Crippen LogP) is 11.1. The third kappa shape index (κ3) is 8.50. The third-order valence-electron chi connectivity index (χ3n) is 13.5. The minimum atomic E-state index is -0.536. The molecule has 14 heteroatoms. The molecule has 0 aliphatic heterocycles. The van der Waals surface area contributed by atoms with Crippen LogP contribution in [0, 0.1) is 24.8 Å². The van der Waals surface area contributed by atoms with Crippen LogP contribution in [0.2, 0.25) is 20.1 Å². The van der Waals surface area contributed by atoms with Crippen LogP contribution in [0.15, 0.2) is 182 Å². The van der Waals surface area contributed by atoms with E-state index >= 15 is 0 Å². The van der Waals surface area contributed by atoms with Crippen LogP contribution in [0.3, 0.4) is 0 Å². The summed E-state index contributed by atoms with van der Waals surface area (Å²) in [6, 6.07) is 58.9. The fraction of sp³-hybridized carbons (Fsp3) is 0.0667. The van der Waals surface area contributed by atoms with Gasteiger partial charge in [0.1, 0.15) is 17.3 Å². The monoisotopic (exact) mass is 1030 g/mol. The van der Waals surface area contributed by atoms with Gasteiger partial charge in [0.25, 0.3) is 0 Å².